The van der Waals surface area contributed by atoms with E-state index in [1.54, 1.807) is 0 Å². The summed E-state index contributed by atoms with van der Waals surface area (Å²) in [7, 11) is 0. The van der Waals surface area contributed by atoms with Crippen LogP contribution in [0.3, 0.4) is 0 Å². The Balaban J connectivity index is 1.84. The van der Waals surface area contributed by atoms with E-state index in [9.17, 15) is 14.7 Å². The minimum absolute atomic E-state index is 0.0455. The van der Waals surface area contributed by atoms with Crippen molar-refractivity contribution in [2.45, 2.75) is 52.5 Å². The van der Waals surface area contributed by atoms with E-state index >= 15 is 0 Å². The molecule has 1 saturated heterocycles. The van der Waals surface area contributed by atoms with Gasteiger partial charge in [-0.2, -0.15) is 0 Å². The van der Waals surface area contributed by atoms with Crippen LogP contribution in [0.15, 0.2) is 0 Å². The maximum atomic E-state index is 12.3. The molecule has 0 aromatic heterocycles. The van der Waals surface area contributed by atoms with E-state index in [-0.39, 0.29) is 17.9 Å². The number of nitrogens with zero attached hydrogens (tertiary/aromatic N) is 1. The molecule has 1 saturated carbocycles. The molecule has 5 heteroatoms. The number of piperidine rings is 1. The Morgan fingerprint density at radius 1 is 1.18 bits per heavy atom. The van der Waals surface area contributed by atoms with Gasteiger partial charge >= 0.3 is 5.97 Å². The van der Waals surface area contributed by atoms with Crippen LogP contribution in [0.1, 0.15) is 46.5 Å². The van der Waals surface area contributed by atoms with Crippen LogP contribution in [0, 0.1) is 23.7 Å². The van der Waals surface area contributed by atoms with Gasteiger partial charge in [-0.25, -0.2) is 0 Å². The molecule has 5 atom stereocenters. The van der Waals surface area contributed by atoms with E-state index in [4.69, 9.17) is 0 Å². The Hall–Kier alpha value is -1.10. The summed E-state index contributed by atoms with van der Waals surface area (Å²) in [5, 5.41) is 12.4. The molecule has 1 amide bonds. The maximum absolute atomic E-state index is 12.3. The van der Waals surface area contributed by atoms with Crippen LogP contribution in [0.2, 0.25) is 0 Å². The number of carboxylic acids is 1. The highest BCUT2D eigenvalue weighted by atomic mass is 16.4. The van der Waals surface area contributed by atoms with Gasteiger partial charge in [-0.1, -0.05) is 33.6 Å². The van der Waals surface area contributed by atoms with Gasteiger partial charge in [-0.05, 0) is 30.6 Å². The second-order valence-electron chi connectivity index (χ2n) is 7.51. The van der Waals surface area contributed by atoms with Crippen molar-refractivity contribution in [1.29, 1.82) is 0 Å². The van der Waals surface area contributed by atoms with Gasteiger partial charge in [0, 0.05) is 19.1 Å². The fraction of sp³-hybridized carbons (Fsp3) is 0.882. The van der Waals surface area contributed by atoms with E-state index in [2.05, 4.69) is 26.1 Å². The third-order valence-corrected chi connectivity index (χ3v) is 5.51. The number of rotatable bonds is 4. The average Bonchev–Trinajstić information content (AvgIpc) is 2.43. The SMILES string of the molecule is CC1CC(C(=O)O)CN(CC(=O)NC2CCCC(C)C2C)C1. The molecule has 0 spiro atoms. The van der Waals surface area contributed by atoms with Crippen LogP contribution in [0.5, 0.6) is 0 Å². The molecule has 5 nitrogen and oxygen atoms in total. The molecule has 0 bridgehead atoms. The smallest absolute Gasteiger partial charge is 0.307 e. The monoisotopic (exact) mass is 310 g/mol. The number of carbonyl (C=O) groups is 2. The van der Waals surface area contributed by atoms with Gasteiger partial charge in [-0.3, -0.25) is 14.5 Å². The Morgan fingerprint density at radius 2 is 1.91 bits per heavy atom. The van der Waals surface area contributed by atoms with Crippen LogP contribution in [0.4, 0.5) is 0 Å². The highest BCUT2D eigenvalue weighted by molar-refractivity contribution is 5.78. The molecule has 2 rings (SSSR count). The molecule has 0 aromatic carbocycles. The second kappa shape index (κ2) is 7.44. The first kappa shape index (κ1) is 17.3. The van der Waals surface area contributed by atoms with Crippen molar-refractivity contribution in [2.75, 3.05) is 19.6 Å². The lowest BCUT2D eigenvalue weighted by Gasteiger charge is -2.37. The first-order valence-electron chi connectivity index (χ1n) is 8.61. The molecule has 0 aromatic rings. The lowest BCUT2D eigenvalue weighted by atomic mass is 9.78. The van der Waals surface area contributed by atoms with E-state index < -0.39 is 5.97 Å². The molecule has 2 fully saturated rings. The van der Waals surface area contributed by atoms with Gasteiger partial charge in [0.15, 0.2) is 0 Å². The van der Waals surface area contributed by atoms with E-state index in [1.165, 1.54) is 12.8 Å². The summed E-state index contributed by atoms with van der Waals surface area (Å²) in [5.41, 5.74) is 0. The normalized spacial score (nSPS) is 36.8. The Kier molecular flexibility index (Phi) is 5.84. The topological polar surface area (TPSA) is 69.6 Å². The summed E-state index contributed by atoms with van der Waals surface area (Å²) >= 11 is 0. The Labute approximate surface area is 133 Å². The summed E-state index contributed by atoms with van der Waals surface area (Å²) in [5.74, 6) is 0.465. The zero-order valence-corrected chi connectivity index (χ0v) is 14.0. The number of hydrogen-bond acceptors (Lipinski definition) is 3. The molecule has 2 aliphatic rings. The number of carbonyl (C=O) groups excluding carboxylic acids is 1. The standard InChI is InChI=1S/C17H30N2O3/c1-11-7-14(17(21)22)9-19(8-11)10-16(20)18-15-6-4-5-12(2)13(15)3/h11-15H,4-10H2,1-3H3,(H,18,20)(H,21,22). The maximum Gasteiger partial charge on any atom is 0.307 e. The molecular formula is C17H30N2O3. The third-order valence-electron chi connectivity index (χ3n) is 5.51. The zero-order valence-electron chi connectivity index (χ0n) is 14.0. The molecular weight excluding hydrogens is 280 g/mol. The first-order valence-corrected chi connectivity index (χ1v) is 8.61. The fourth-order valence-corrected chi connectivity index (χ4v) is 4.01. The summed E-state index contributed by atoms with van der Waals surface area (Å²) in [6.45, 7) is 8.17. The number of carboxylic acid groups (broad SMARTS) is 1. The molecule has 0 radical (unpaired) electrons. The van der Waals surface area contributed by atoms with Crippen LogP contribution >= 0.6 is 0 Å². The van der Waals surface area contributed by atoms with E-state index in [1.807, 2.05) is 4.90 Å². The molecule has 5 unspecified atom stereocenters. The first-order chi connectivity index (χ1) is 10.4. The predicted octanol–water partition coefficient (Wildman–Crippen LogP) is 1.97. The highest BCUT2D eigenvalue weighted by Crippen LogP contribution is 2.29. The fourth-order valence-electron chi connectivity index (χ4n) is 4.01. The molecule has 1 aliphatic carbocycles. The van der Waals surface area contributed by atoms with Crippen molar-refractivity contribution < 1.29 is 14.7 Å². The van der Waals surface area contributed by atoms with Gasteiger partial charge < -0.3 is 10.4 Å². The summed E-state index contributed by atoms with van der Waals surface area (Å²) in [4.78, 5) is 25.5. The van der Waals surface area contributed by atoms with Crippen molar-refractivity contribution in [1.82, 2.24) is 10.2 Å². The lowest BCUT2D eigenvalue weighted by Crippen LogP contribution is -2.50. The van der Waals surface area contributed by atoms with E-state index in [0.717, 1.165) is 13.0 Å². The summed E-state index contributed by atoms with van der Waals surface area (Å²) in [6.07, 6.45) is 4.20. The molecule has 126 valence electrons. The minimum Gasteiger partial charge on any atom is -0.481 e. The van der Waals surface area contributed by atoms with Gasteiger partial charge in [0.1, 0.15) is 0 Å². The van der Waals surface area contributed by atoms with Crippen molar-refractivity contribution in [3.63, 3.8) is 0 Å². The van der Waals surface area contributed by atoms with Crippen molar-refractivity contribution >= 4 is 11.9 Å². The number of aliphatic carboxylic acids is 1. The van der Waals surface area contributed by atoms with Crippen molar-refractivity contribution in [3.8, 4) is 0 Å². The van der Waals surface area contributed by atoms with Gasteiger partial charge in [0.25, 0.3) is 0 Å². The van der Waals surface area contributed by atoms with Crippen LogP contribution in [-0.4, -0.2) is 47.6 Å². The third kappa shape index (κ3) is 4.45. The molecule has 1 heterocycles. The predicted molar refractivity (Wildman–Crippen MR) is 85.5 cm³/mol. The number of hydrogen-bond donors (Lipinski definition) is 2. The zero-order chi connectivity index (χ0) is 16.3. The molecule has 22 heavy (non-hydrogen) atoms. The van der Waals surface area contributed by atoms with Crippen LogP contribution in [-0.2, 0) is 9.59 Å². The highest BCUT2D eigenvalue weighted by Gasteiger charge is 2.32. The quantitative estimate of drug-likeness (QED) is 0.833. The summed E-state index contributed by atoms with van der Waals surface area (Å²) < 4.78 is 0. The molecule has 2 N–H and O–H groups in total. The Morgan fingerprint density at radius 3 is 2.59 bits per heavy atom. The lowest BCUT2D eigenvalue weighted by molar-refractivity contribution is -0.145. The van der Waals surface area contributed by atoms with Gasteiger partial charge in [0.2, 0.25) is 5.91 Å². The van der Waals surface area contributed by atoms with Crippen molar-refractivity contribution in [2.24, 2.45) is 23.7 Å². The summed E-state index contributed by atoms with van der Waals surface area (Å²) in [6, 6.07) is 0.272. The Bertz CT molecular complexity index is 413. The van der Waals surface area contributed by atoms with Crippen LogP contribution < -0.4 is 5.32 Å². The largest absolute Gasteiger partial charge is 0.481 e. The van der Waals surface area contributed by atoms with Crippen molar-refractivity contribution in [3.05, 3.63) is 0 Å². The van der Waals surface area contributed by atoms with Crippen LogP contribution in [0.25, 0.3) is 0 Å². The minimum atomic E-state index is -0.744. The van der Waals surface area contributed by atoms with Gasteiger partial charge in [0.05, 0.1) is 12.5 Å². The number of amides is 1. The van der Waals surface area contributed by atoms with E-state index in [0.29, 0.717) is 37.3 Å². The average molecular weight is 310 g/mol. The second-order valence-corrected chi connectivity index (χ2v) is 7.51. The van der Waals surface area contributed by atoms with Gasteiger partial charge in [-0.15, -0.1) is 0 Å². The number of nitrogens with one attached hydrogen (secondary N) is 1. The molecule has 1 aliphatic heterocycles. The number of likely N-dealkylation sites (tertiary alicyclic amines) is 1.